The smallest absolute Gasteiger partial charge is 0.234 e. The number of hydrogen-bond acceptors (Lipinski definition) is 2. The lowest BCUT2D eigenvalue weighted by atomic mass is 9.94. The van der Waals surface area contributed by atoms with Gasteiger partial charge in [-0.25, -0.2) is 0 Å². The second kappa shape index (κ2) is 8.83. The number of likely N-dealkylation sites (N-methyl/N-ethyl adjacent to an activating group) is 1. The van der Waals surface area contributed by atoms with Crippen molar-refractivity contribution in [2.45, 2.75) is 51.0 Å². The van der Waals surface area contributed by atoms with Crippen molar-refractivity contribution >= 4 is 5.91 Å². The van der Waals surface area contributed by atoms with Gasteiger partial charge in [0.25, 0.3) is 0 Å². The van der Waals surface area contributed by atoms with Crippen molar-refractivity contribution in [1.29, 1.82) is 0 Å². The molecule has 0 aromatic heterocycles. The molecule has 21 heavy (non-hydrogen) atoms. The van der Waals surface area contributed by atoms with Crippen LogP contribution >= 0.6 is 0 Å². The van der Waals surface area contributed by atoms with Gasteiger partial charge in [0.15, 0.2) is 0 Å². The molecule has 1 N–H and O–H groups in total. The summed E-state index contributed by atoms with van der Waals surface area (Å²) >= 11 is 0. The Morgan fingerprint density at radius 2 is 1.90 bits per heavy atom. The monoisotopic (exact) mass is 288 g/mol. The van der Waals surface area contributed by atoms with Gasteiger partial charge in [0, 0.05) is 12.6 Å². The van der Waals surface area contributed by atoms with E-state index in [1.54, 1.807) is 0 Å². The van der Waals surface area contributed by atoms with E-state index in [4.69, 9.17) is 0 Å². The van der Waals surface area contributed by atoms with Gasteiger partial charge < -0.3 is 5.32 Å². The number of nitrogens with zero attached hydrogens (tertiary/aromatic N) is 1. The minimum atomic E-state index is 0.163. The normalized spacial score (nSPS) is 16.1. The Morgan fingerprint density at radius 1 is 1.19 bits per heavy atom. The van der Waals surface area contributed by atoms with E-state index < -0.39 is 0 Å². The van der Waals surface area contributed by atoms with E-state index in [2.05, 4.69) is 41.5 Å². The maximum absolute atomic E-state index is 12.0. The zero-order valence-corrected chi connectivity index (χ0v) is 13.2. The Bertz CT molecular complexity index is 412. The van der Waals surface area contributed by atoms with Crippen LogP contribution in [0.2, 0.25) is 0 Å². The number of carbonyl (C=O) groups is 1. The molecule has 0 spiro atoms. The highest BCUT2D eigenvalue weighted by Crippen LogP contribution is 2.21. The second-order valence-electron chi connectivity index (χ2n) is 6.15. The topological polar surface area (TPSA) is 32.3 Å². The summed E-state index contributed by atoms with van der Waals surface area (Å²) < 4.78 is 0. The first-order chi connectivity index (χ1) is 10.3. The summed E-state index contributed by atoms with van der Waals surface area (Å²) in [7, 11) is 2.08. The van der Waals surface area contributed by atoms with E-state index in [0.29, 0.717) is 12.6 Å². The molecule has 1 fully saturated rings. The van der Waals surface area contributed by atoms with Crippen molar-refractivity contribution in [3.63, 3.8) is 0 Å². The van der Waals surface area contributed by atoms with E-state index in [-0.39, 0.29) is 5.91 Å². The summed E-state index contributed by atoms with van der Waals surface area (Å²) in [5.41, 5.74) is 1.34. The van der Waals surface area contributed by atoms with Crippen molar-refractivity contribution in [3.05, 3.63) is 35.9 Å². The number of carbonyl (C=O) groups excluding carboxylic acids is 1. The van der Waals surface area contributed by atoms with Gasteiger partial charge in [-0.15, -0.1) is 0 Å². The molecule has 3 heteroatoms. The molecule has 1 aliphatic carbocycles. The second-order valence-corrected chi connectivity index (χ2v) is 6.15. The number of hydrogen-bond donors (Lipinski definition) is 1. The number of rotatable bonds is 7. The third-order valence-corrected chi connectivity index (χ3v) is 4.40. The van der Waals surface area contributed by atoms with Crippen molar-refractivity contribution in [2.75, 3.05) is 20.1 Å². The Balaban J connectivity index is 1.58. The molecule has 0 atom stereocenters. The first kappa shape index (κ1) is 16.0. The highest BCUT2D eigenvalue weighted by molar-refractivity contribution is 5.77. The Labute approximate surface area is 128 Å². The average Bonchev–Trinajstić information content (AvgIpc) is 2.53. The summed E-state index contributed by atoms with van der Waals surface area (Å²) in [6.45, 7) is 1.31. The minimum Gasteiger partial charge on any atom is -0.355 e. The standard InChI is InChI=1S/C18H28N2O/c1-20(17-12-6-3-7-13-17)15-18(21)19-14-8-11-16-9-4-2-5-10-16/h2,4-5,9-10,17H,3,6-8,11-15H2,1H3,(H,19,21). The summed E-state index contributed by atoms with van der Waals surface area (Å²) in [6.07, 6.45) is 8.51. The zero-order valence-electron chi connectivity index (χ0n) is 13.2. The van der Waals surface area contributed by atoms with Gasteiger partial charge in [0.1, 0.15) is 0 Å². The molecule has 116 valence electrons. The molecule has 1 amide bonds. The summed E-state index contributed by atoms with van der Waals surface area (Å²) in [4.78, 5) is 14.2. The predicted molar refractivity (Wildman–Crippen MR) is 87.3 cm³/mol. The number of aryl methyl sites for hydroxylation is 1. The van der Waals surface area contributed by atoms with Crippen molar-refractivity contribution < 1.29 is 4.79 Å². The van der Waals surface area contributed by atoms with Gasteiger partial charge in [-0.05, 0) is 38.3 Å². The number of nitrogens with one attached hydrogen (secondary N) is 1. The van der Waals surface area contributed by atoms with Crippen LogP contribution in [0.5, 0.6) is 0 Å². The number of benzene rings is 1. The van der Waals surface area contributed by atoms with Crippen LogP contribution in [-0.2, 0) is 11.2 Å². The van der Waals surface area contributed by atoms with Crippen LogP contribution in [0.1, 0.15) is 44.1 Å². The quantitative estimate of drug-likeness (QED) is 0.782. The Morgan fingerprint density at radius 3 is 2.62 bits per heavy atom. The molecule has 3 nitrogen and oxygen atoms in total. The molecule has 0 heterocycles. The summed E-state index contributed by atoms with van der Waals surface area (Å²) in [5, 5.41) is 3.04. The van der Waals surface area contributed by atoms with E-state index >= 15 is 0 Å². The molecule has 0 radical (unpaired) electrons. The largest absolute Gasteiger partial charge is 0.355 e. The lowest BCUT2D eigenvalue weighted by Gasteiger charge is -2.30. The van der Waals surface area contributed by atoms with Crippen molar-refractivity contribution in [1.82, 2.24) is 10.2 Å². The van der Waals surface area contributed by atoms with Gasteiger partial charge >= 0.3 is 0 Å². The fraction of sp³-hybridized carbons (Fsp3) is 0.611. The molecular weight excluding hydrogens is 260 g/mol. The third-order valence-electron chi connectivity index (χ3n) is 4.40. The first-order valence-corrected chi connectivity index (χ1v) is 8.26. The van der Waals surface area contributed by atoms with E-state index in [9.17, 15) is 4.79 Å². The van der Waals surface area contributed by atoms with E-state index in [1.165, 1.54) is 37.7 Å². The van der Waals surface area contributed by atoms with E-state index in [0.717, 1.165) is 19.4 Å². The molecule has 0 unspecified atom stereocenters. The maximum Gasteiger partial charge on any atom is 0.234 e. The maximum atomic E-state index is 12.0. The lowest BCUT2D eigenvalue weighted by Crippen LogP contribution is -2.41. The van der Waals surface area contributed by atoms with Gasteiger partial charge in [-0.1, -0.05) is 49.6 Å². The third kappa shape index (κ3) is 5.88. The van der Waals surface area contributed by atoms with Crippen LogP contribution in [0.4, 0.5) is 0 Å². The molecule has 0 aliphatic heterocycles. The minimum absolute atomic E-state index is 0.163. The van der Waals surface area contributed by atoms with Crippen LogP contribution in [0, 0.1) is 0 Å². The molecule has 2 rings (SSSR count). The molecule has 1 aliphatic rings. The molecule has 1 saturated carbocycles. The summed E-state index contributed by atoms with van der Waals surface area (Å²) in [5.74, 6) is 0.163. The van der Waals surface area contributed by atoms with Crippen LogP contribution in [0.3, 0.4) is 0 Å². The fourth-order valence-corrected chi connectivity index (χ4v) is 3.10. The van der Waals surface area contributed by atoms with Crippen LogP contribution < -0.4 is 5.32 Å². The Kier molecular flexibility index (Phi) is 6.74. The van der Waals surface area contributed by atoms with Gasteiger partial charge in [-0.2, -0.15) is 0 Å². The SMILES string of the molecule is CN(CC(=O)NCCCc1ccccc1)C1CCCCC1. The summed E-state index contributed by atoms with van der Waals surface area (Å²) in [6, 6.07) is 11.0. The fourth-order valence-electron chi connectivity index (χ4n) is 3.10. The van der Waals surface area contributed by atoms with Crippen molar-refractivity contribution in [3.8, 4) is 0 Å². The highest BCUT2D eigenvalue weighted by atomic mass is 16.2. The first-order valence-electron chi connectivity index (χ1n) is 8.26. The van der Waals surface area contributed by atoms with E-state index in [1.807, 2.05) is 6.07 Å². The molecule has 1 aromatic rings. The van der Waals surface area contributed by atoms with Crippen LogP contribution in [-0.4, -0.2) is 37.0 Å². The molecule has 1 aromatic carbocycles. The van der Waals surface area contributed by atoms with Gasteiger partial charge in [0.2, 0.25) is 5.91 Å². The zero-order chi connectivity index (χ0) is 14.9. The van der Waals surface area contributed by atoms with Crippen molar-refractivity contribution in [2.24, 2.45) is 0 Å². The van der Waals surface area contributed by atoms with Gasteiger partial charge in [-0.3, -0.25) is 9.69 Å². The van der Waals surface area contributed by atoms with Gasteiger partial charge in [0.05, 0.1) is 6.54 Å². The van der Waals surface area contributed by atoms with Crippen LogP contribution in [0.25, 0.3) is 0 Å². The molecule has 0 bridgehead atoms. The Hall–Kier alpha value is -1.35. The predicted octanol–water partition coefficient (Wildman–Crippen LogP) is 3.00. The highest BCUT2D eigenvalue weighted by Gasteiger charge is 2.19. The molecular formula is C18H28N2O. The molecule has 0 saturated heterocycles. The average molecular weight is 288 g/mol. The van der Waals surface area contributed by atoms with Crippen LogP contribution in [0.15, 0.2) is 30.3 Å². The lowest BCUT2D eigenvalue weighted by molar-refractivity contribution is -0.122. The number of amides is 1.